The van der Waals surface area contributed by atoms with Crippen LogP contribution in [0.5, 0.6) is 0 Å². The maximum atomic E-state index is 5.34. The number of benzene rings is 18. The van der Waals surface area contributed by atoms with Crippen LogP contribution in [-0.4, -0.2) is 28.7 Å². The fourth-order valence-electron chi connectivity index (χ4n) is 16.9. The Balaban J connectivity index is 0.000000141. The van der Waals surface area contributed by atoms with Crippen LogP contribution in [0.1, 0.15) is 0 Å². The van der Waals surface area contributed by atoms with Crippen LogP contribution in [0, 0.1) is 0 Å². The molecule has 6 heteroatoms. The van der Waals surface area contributed by atoms with Gasteiger partial charge >= 0.3 is 0 Å². The molecule has 4 heterocycles. The molecule has 0 spiro atoms. The minimum absolute atomic E-state index is 0.684. The molecule has 4 aromatic heterocycles. The van der Waals surface area contributed by atoms with Crippen molar-refractivity contribution >= 4 is 97.7 Å². The van der Waals surface area contributed by atoms with E-state index in [0.29, 0.717) is 5.82 Å². The average molecular weight is 1410 g/mol. The van der Waals surface area contributed by atoms with Gasteiger partial charge in [-0.3, -0.25) is 4.57 Å². The van der Waals surface area contributed by atoms with E-state index in [4.69, 9.17) is 15.0 Å². The maximum absolute atomic E-state index is 5.34. The molecule has 0 aliphatic carbocycles. The lowest BCUT2D eigenvalue weighted by Gasteiger charge is -2.19. The highest BCUT2D eigenvalue weighted by Gasteiger charge is 2.23. The monoisotopic (exact) mass is 1410 g/mol. The Bertz CT molecular complexity index is 7140. The van der Waals surface area contributed by atoms with E-state index in [1.54, 1.807) is 0 Å². The van der Waals surface area contributed by atoms with Crippen molar-refractivity contribution in [1.82, 2.24) is 28.7 Å². The first-order valence-corrected chi connectivity index (χ1v) is 37.9. The summed E-state index contributed by atoms with van der Waals surface area (Å²) in [5, 5.41) is 14.9. The van der Waals surface area contributed by atoms with Gasteiger partial charge in [0, 0.05) is 60.9 Å². The Morgan fingerprint density at radius 3 is 1.12 bits per heavy atom. The van der Waals surface area contributed by atoms with E-state index in [2.05, 4.69) is 408 Å². The van der Waals surface area contributed by atoms with E-state index >= 15 is 0 Å². The van der Waals surface area contributed by atoms with E-state index in [1.807, 2.05) is 18.2 Å². The summed E-state index contributed by atoms with van der Waals surface area (Å²) in [4.78, 5) is 15.7. The topological polar surface area (TPSA) is 53.5 Å². The smallest absolute Gasteiger partial charge is 0.160 e. The molecule has 0 saturated carbocycles. The van der Waals surface area contributed by atoms with Gasteiger partial charge in [-0.25, -0.2) is 15.0 Å². The standard InChI is InChI=1S/C53H34N2.C52H34N4/c1-2-16-44(17-3-1)55-50-21-11-10-20-49(50)54-53(55)38-26-22-37(23-27-38)41-30-31-47-48(34-41)52(43-29-25-36-13-5-7-15-40(36)33-43)46-19-9-8-18-45(46)51(47)42-28-24-35-12-4-6-14-39(35)32-42;1-3-16-35(17-4-1)37-20-15-21-38(30-37)46-34-47(54-52(53-46)36-18-5-2-6-19-36)39-31-40(55-48-26-11-7-22-42(48)43-23-8-12-27-49(43)55)33-41(32-39)56-50-28-13-9-24-44(50)45-25-10-14-29-51(45)56/h1-34H;1-34H. The first kappa shape index (κ1) is 64.5. The van der Waals surface area contributed by atoms with Gasteiger partial charge in [-0.2, -0.15) is 0 Å². The second kappa shape index (κ2) is 27.2. The molecule has 518 valence electrons. The van der Waals surface area contributed by atoms with Crippen LogP contribution in [0.2, 0.25) is 0 Å². The minimum atomic E-state index is 0.684. The maximum Gasteiger partial charge on any atom is 0.160 e. The number of imidazole rings is 1. The lowest BCUT2D eigenvalue weighted by atomic mass is 9.84. The Morgan fingerprint density at radius 2 is 0.559 bits per heavy atom. The van der Waals surface area contributed by atoms with Crippen LogP contribution >= 0.6 is 0 Å². The van der Waals surface area contributed by atoms with Gasteiger partial charge in [0.05, 0.1) is 44.5 Å². The molecule has 0 bridgehead atoms. The number of fused-ring (bicyclic) bond motifs is 11. The number of aromatic nitrogens is 6. The first-order chi connectivity index (χ1) is 55.0. The van der Waals surface area contributed by atoms with Crippen LogP contribution in [-0.2, 0) is 0 Å². The largest absolute Gasteiger partial charge is 0.309 e. The second-order valence-corrected chi connectivity index (χ2v) is 28.6. The highest BCUT2D eigenvalue weighted by molar-refractivity contribution is 6.23. The molecule has 0 atom stereocenters. The number of nitrogens with zero attached hydrogens (tertiary/aromatic N) is 6. The van der Waals surface area contributed by atoms with Crippen LogP contribution < -0.4 is 0 Å². The van der Waals surface area contributed by atoms with Crippen molar-refractivity contribution in [3.63, 3.8) is 0 Å². The highest BCUT2D eigenvalue weighted by atomic mass is 15.1. The van der Waals surface area contributed by atoms with Gasteiger partial charge in [-0.05, 0) is 185 Å². The summed E-state index contributed by atoms with van der Waals surface area (Å²) in [6.45, 7) is 0. The van der Waals surface area contributed by atoms with Crippen LogP contribution in [0.3, 0.4) is 0 Å². The van der Waals surface area contributed by atoms with Crippen molar-refractivity contribution in [3.05, 3.63) is 413 Å². The number of rotatable bonds is 11. The minimum Gasteiger partial charge on any atom is -0.309 e. The van der Waals surface area contributed by atoms with E-state index in [-0.39, 0.29) is 0 Å². The van der Waals surface area contributed by atoms with E-state index < -0.39 is 0 Å². The normalized spacial score (nSPS) is 11.6. The molecule has 0 radical (unpaired) electrons. The first-order valence-electron chi connectivity index (χ1n) is 37.9. The molecule has 0 saturated heterocycles. The summed E-state index contributed by atoms with van der Waals surface area (Å²) < 4.78 is 7.06. The van der Waals surface area contributed by atoms with E-state index in [0.717, 1.165) is 101 Å². The Morgan fingerprint density at radius 1 is 0.171 bits per heavy atom. The summed E-state index contributed by atoms with van der Waals surface area (Å²) in [5.41, 5.74) is 25.4. The van der Waals surface area contributed by atoms with Crippen molar-refractivity contribution in [2.75, 3.05) is 0 Å². The van der Waals surface area contributed by atoms with E-state index in [9.17, 15) is 0 Å². The van der Waals surface area contributed by atoms with Gasteiger partial charge in [0.1, 0.15) is 5.82 Å². The third kappa shape index (κ3) is 11.5. The van der Waals surface area contributed by atoms with Crippen molar-refractivity contribution in [2.24, 2.45) is 0 Å². The van der Waals surface area contributed by atoms with Gasteiger partial charge in [0.2, 0.25) is 0 Å². The molecular weight excluding hydrogens is 1350 g/mol. The molecule has 0 N–H and O–H groups in total. The van der Waals surface area contributed by atoms with E-state index in [1.165, 1.54) is 98.0 Å². The van der Waals surface area contributed by atoms with Crippen molar-refractivity contribution in [2.45, 2.75) is 0 Å². The summed E-state index contributed by atoms with van der Waals surface area (Å²) >= 11 is 0. The molecule has 0 aliphatic rings. The number of para-hydroxylation sites is 7. The van der Waals surface area contributed by atoms with Gasteiger partial charge < -0.3 is 9.13 Å². The Kier molecular flexibility index (Phi) is 15.8. The third-order valence-corrected chi connectivity index (χ3v) is 22.1. The molecule has 18 aromatic carbocycles. The van der Waals surface area contributed by atoms with Crippen molar-refractivity contribution < 1.29 is 0 Å². The summed E-state index contributed by atoms with van der Waals surface area (Å²) in [6.07, 6.45) is 0. The molecule has 0 amide bonds. The predicted octanol–water partition coefficient (Wildman–Crippen LogP) is 27.6. The van der Waals surface area contributed by atoms with Gasteiger partial charge in [-0.15, -0.1) is 0 Å². The zero-order valence-electron chi connectivity index (χ0n) is 60.4. The zero-order valence-corrected chi connectivity index (χ0v) is 60.4. The van der Waals surface area contributed by atoms with Crippen molar-refractivity contribution in [3.8, 4) is 107 Å². The SMILES string of the molecule is c1ccc(-c2cccc(-c3cc(-c4cc(-n5c6ccccc6c6ccccc65)cc(-n5c6ccccc6c6ccccc65)c4)nc(-c4ccccc4)n3)c2)cc1.c1ccc(-n2c(-c3ccc(-c4ccc5c(-c6ccc7ccccc7c6)c6ccccc6c(-c6ccc7ccccc7c6)c5c4)cc3)nc3ccccc32)cc1. The van der Waals surface area contributed by atoms with Crippen LogP contribution in [0.4, 0.5) is 0 Å². The quantitative estimate of drug-likeness (QED) is 0.121. The molecule has 22 aromatic rings. The molecule has 0 fully saturated rings. The molecule has 0 unspecified atom stereocenters. The zero-order chi connectivity index (χ0) is 73.3. The Hall–Kier alpha value is -14.9. The second-order valence-electron chi connectivity index (χ2n) is 28.6. The van der Waals surface area contributed by atoms with Gasteiger partial charge in [0.25, 0.3) is 0 Å². The third-order valence-electron chi connectivity index (χ3n) is 22.1. The fraction of sp³-hybridized carbons (Fsp3) is 0. The Labute approximate surface area is 641 Å². The summed E-state index contributed by atoms with van der Waals surface area (Å²) in [5.74, 6) is 1.62. The molecule has 0 aliphatic heterocycles. The lowest BCUT2D eigenvalue weighted by molar-refractivity contribution is 1.10. The lowest BCUT2D eigenvalue weighted by Crippen LogP contribution is -2.01. The summed E-state index contributed by atoms with van der Waals surface area (Å²) in [6, 6.07) is 148. The fourth-order valence-corrected chi connectivity index (χ4v) is 16.9. The molecular formula is C105H68N6. The van der Waals surface area contributed by atoms with Gasteiger partial charge in [0.15, 0.2) is 5.82 Å². The van der Waals surface area contributed by atoms with Gasteiger partial charge in [-0.1, -0.05) is 315 Å². The number of hydrogen-bond donors (Lipinski definition) is 0. The molecule has 22 rings (SSSR count). The average Bonchev–Trinajstić information content (AvgIpc) is 1.58. The molecule has 111 heavy (non-hydrogen) atoms. The number of hydrogen-bond acceptors (Lipinski definition) is 3. The predicted molar refractivity (Wildman–Crippen MR) is 465 cm³/mol. The van der Waals surface area contributed by atoms with Crippen molar-refractivity contribution in [1.29, 1.82) is 0 Å². The molecule has 6 nitrogen and oxygen atoms in total. The van der Waals surface area contributed by atoms with Crippen LogP contribution in [0.25, 0.3) is 205 Å². The highest BCUT2D eigenvalue weighted by Crippen LogP contribution is 2.47. The summed E-state index contributed by atoms with van der Waals surface area (Å²) in [7, 11) is 0. The van der Waals surface area contributed by atoms with Crippen LogP contribution in [0.15, 0.2) is 413 Å².